The highest BCUT2D eigenvalue weighted by Crippen LogP contribution is 2.25. The van der Waals surface area contributed by atoms with Crippen molar-refractivity contribution in [3.63, 3.8) is 0 Å². The van der Waals surface area contributed by atoms with Crippen LogP contribution in [-0.2, 0) is 25.7 Å². The third-order valence-corrected chi connectivity index (χ3v) is 4.73. The monoisotopic (exact) mass is 320 g/mol. The first kappa shape index (κ1) is 16.0. The summed E-state index contributed by atoms with van der Waals surface area (Å²) in [4.78, 5) is 46.0. The van der Waals surface area contributed by atoms with Crippen LogP contribution in [0.2, 0.25) is 0 Å². The maximum atomic E-state index is 11.5. The molecule has 0 fully saturated rings. The van der Waals surface area contributed by atoms with E-state index in [0.717, 1.165) is 47.4 Å². The zero-order valence-electron chi connectivity index (χ0n) is 13.1. The van der Waals surface area contributed by atoms with Gasteiger partial charge in [0.2, 0.25) is 0 Å². The van der Waals surface area contributed by atoms with Crippen molar-refractivity contribution in [1.29, 1.82) is 0 Å². The normalized spacial score (nSPS) is 13.0. The fraction of sp³-hybridized carbons (Fsp3) is 0.200. The third-order valence-electron chi connectivity index (χ3n) is 4.73. The smallest absolute Gasteiger partial charge is 0.151 e. The molecule has 6 rings (SSSR count). The summed E-state index contributed by atoms with van der Waals surface area (Å²) in [6.07, 6.45) is 5.00. The van der Waals surface area contributed by atoms with Crippen molar-refractivity contribution >= 4 is 25.1 Å². The van der Waals surface area contributed by atoms with Gasteiger partial charge in [-0.25, -0.2) is 0 Å². The van der Waals surface area contributed by atoms with Crippen molar-refractivity contribution in [3.05, 3.63) is 68.8 Å². The van der Waals surface area contributed by atoms with Gasteiger partial charge < -0.3 is 0 Å². The van der Waals surface area contributed by atoms with Crippen LogP contribution >= 0.6 is 0 Å². The largest absolute Gasteiger partial charge is 0.298 e. The highest BCUT2D eigenvalue weighted by molar-refractivity contribution is 5.94. The molecule has 4 aliphatic rings. The number of hydrogen-bond donors (Lipinski definition) is 0. The predicted octanol–water partition coefficient (Wildman–Crippen LogP) is 2.82. The molecule has 0 unspecified atom stereocenters. The Hall–Kier alpha value is -2.88. The van der Waals surface area contributed by atoms with E-state index >= 15 is 0 Å². The molecule has 0 aromatic heterocycles. The van der Waals surface area contributed by atoms with E-state index in [1.165, 1.54) is 0 Å². The first-order valence-corrected chi connectivity index (χ1v) is 7.83. The van der Waals surface area contributed by atoms with Gasteiger partial charge >= 0.3 is 0 Å². The van der Waals surface area contributed by atoms with E-state index in [1.807, 2.05) is 24.3 Å². The van der Waals surface area contributed by atoms with E-state index < -0.39 is 0 Å². The predicted molar refractivity (Wildman–Crippen MR) is 89.3 cm³/mol. The second-order valence-electron chi connectivity index (χ2n) is 5.89. The molecule has 4 aliphatic carbocycles. The molecule has 0 amide bonds. The number of rotatable bonds is 4. The van der Waals surface area contributed by atoms with Crippen LogP contribution < -0.4 is 0 Å². The lowest BCUT2D eigenvalue weighted by molar-refractivity contribution is 0.109. The summed E-state index contributed by atoms with van der Waals surface area (Å²) in [5.41, 5.74) is 4.85. The van der Waals surface area contributed by atoms with Crippen molar-refractivity contribution in [1.82, 2.24) is 0 Å². The van der Waals surface area contributed by atoms with Crippen molar-refractivity contribution in [3.8, 4) is 0 Å². The van der Waals surface area contributed by atoms with Crippen molar-refractivity contribution in [2.75, 3.05) is 0 Å². The molecule has 0 aliphatic heterocycles. The van der Waals surface area contributed by atoms with Gasteiger partial charge in [-0.1, -0.05) is 24.3 Å². The Morgan fingerprint density at radius 2 is 0.667 bits per heavy atom. The van der Waals surface area contributed by atoms with Crippen LogP contribution in [0.1, 0.15) is 63.7 Å². The van der Waals surface area contributed by atoms with Crippen molar-refractivity contribution < 1.29 is 19.2 Å². The van der Waals surface area contributed by atoms with Gasteiger partial charge in [-0.05, 0) is 47.9 Å². The minimum absolute atomic E-state index is 0.431. The Morgan fingerprint density at radius 3 is 0.833 bits per heavy atom. The highest BCUT2D eigenvalue weighted by atomic mass is 16.1. The van der Waals surface area contributed by atoms with Gasteiger partial charge in [0.15, 0.2) is 25.1 Å². The Labute approximate surface area is 139 Å². The second kappa shape index (κ2) is 6.71. The SMILES string of the molecule is O=Cc1c2ccc(c1C=O)CCc1ccc(c(C=O)c1C=O)CC2. The summed E-state index contributed by atoms with van der Waals surface area (Å²) >= 11 is 0. The number of hydrogen-bond acceptors (Lipinski definition) is 4. The van der Waals surface area contributed by atoms with Crippen LogP contribution in [-0.4, -0.2) is 25.1 Å². The van der Waals surface area contributed by atoms with E-state index in [-0.39, 0.29) is 0 Å². The van der Waals surface area contributed by atoms with Gasteiger partial charge in [-0.15, -0.1) is 0 Å². The molecule has 0 saturated heterocycles. The maximum absolute atomic E-state index is 11.5. The van der Waals surface area contributed by atoms with Crippen LogP contribution in [0.4, 0.5) is 0 Å². The first-order valence-electron chi connectivity index (χ1n) is 7.83. The molecular formula is C20H16O4. The standard InChI is InChI=1S/C20H16O4/c21-9-17-13-1-2-14(18(17)10-22)7-8-16-4-3-15(6-5-13)19(11-23)20(16)12-24/h1-4,9-12H,5-8H2. The fourth-order valence-corrected chi connectivity index (χ4v) is 3.42. The number of aryl methyl sites for hydroxylation is 4. The summed E-state index contributed by atoms with van der Waals surface area (Å²) in [6, 6.07) is 7.50. The molecule has 24 heavy (non-hydrogen) atoms. The topological polar surface area (TPSA) is 68.3 Å². The lowest BCUT2D eigenvalue weighted by Crippen LogP contribution is -2.10. The lowest BCUT2D eigenvalue weighted by atomic mass is 9.86. The molecule has 120 valence electrons. The molecule has 4 bridgehead atoms. The average molecular weight is 320 g/mol. The number of carbonyl (C=O) groups is 4. The zero-order valence-corrected chi connectivity index (χ0v) is 13.1. The van der Waals surface area contributed by atoms with Gasteiger partial charge in [0.1, 0.15) is 0 Å². The molecule has 2 aromatic rings. The summed E-state index contributed by atoms with van der Waals surface area (Å²) in [6.45, 7) is 0. The summed E-state index contributed by atoms with van der Waals surface area (Å²) in [5.74, 6) is 0. The molecule has 4 nitrogen and oxygen atoms in total. The first-order chi connectivity index (χ1) is 11.7. The number of carbonyl (C=O) groups excluding carboxylic acids is 4. The van der Waals surface area contributed by atoms with E-state index in [4.69, 9.17) is 0 Å². The second-order valence-corrected chi connectivity index (χ2v) is 5.89. The lowest BCUT2D eigenvalue weighted by Gasteiger charge is -2.17. The van der Waals surface area contributed by atoms with Crippen LogP contribution in [0.15, 0.2) is 24.3 Å². The van der Waals surface area contributed by atoms with Crippen LogP contribution in [0.5, 0.6) is 0 Å². The summed E-state index contributed by atoms with van der Waals surface area (Å²) < 4.78 is 0. The average Bonchev–Trinajstić information content (AvgIpc) is 2.61. The molecule has 2 aromatic carbocycles. The van der Waals surface area contributed by atoms with Crippen LogP contribution in [0.25, 0.3) is 0 Å². The zero-order chi connectivity index (χ0) is 17.1. The van der Waals surface area contributed by atoms with Gasteiger partial charge in [-0.3, -0.25) is 19.2 Å². The van der Waals surface area contributed by atoms with Crippen molar-refractivity contribution in [2.45, 2.75) is 25.7 Å². The molecule has 0 heterocycles. The van der Waals surface area contributed by atoms with Gasteiger partial charge in [-0.2, -0.15) is 0 Å². The van der Waals surface area contributed by atoms with Gasteiger partial charge in [0.05, 0.1) is 0 Å². The van der Waals surface area contributed by atoms with Gasteiger partial charge in [0, 0.05) is 22.3 Å². The Balaban J connectivity index is 2.20. The van der Waals surface area contributed by atoms with Crippen molar-refractivity contribution in [2.24, 2.45) is 0 Å². The minimum atomic E-state index is 0.431. The molecule has 0 atom stereocenters. The Morgan fingerprint density at radius 1 is 0.458 bits per heavy atom. The molecule has 0 N–H and O–H groups in total. The quantitative estimate of drug-likeness (QED) is 0.812. The van der Waals surface area contributed by atoms with Gasteiger partial charge in [0.25, 0.3) is 0 Å². The summed E-state index contributed by atoms with van der Waals surface area (Å²) in [7, 11) is 0. The number of aldehydes is 4. The number of benzene rings is 2. The summed E-state index contributed by atoms with van der Waals surface area (Å²) in [5, 5.41) is 0. The maximum Gasteiger partial charge on any atom is 0.151 e. The Bertz CT molecular complexity index is 708. The van der Waals surface area contributed by atoms with E-state index in [0.29, 0.717) is 47.9 Å². The van der Waals surface area contributed by atoms with Crippen LogP contribution in [0.3, 0.4) is 0 Å². The minimum Gasteiger partial charge on any atom is -0.298 e. The molecule has 0 radical (unpaired) electrons. The van der Waals surface area contributed by atoms with E-state index in [1.54, 1.807) is 0 Å². The molecule has 0 saturated carbocycles. The van der Waals surface area contributed by atoms with Crippen LogP contribution in [0, 0.1) is 0 Å². The fourth-order valence-electron chi connectivity index (χ4n) is 3.42. The third kappa shape index (κ3) is 2.60. The molecule has 0 spiro atoms. The Kier molecular flexibility index (Phi) is 4.47. The van der Waals surface area contributed by atoms with E-state index in [2.05, 4.69) is 0 Å². The molecule has 4 heteroatoms. The van der Waals surface area contributed by atoms with E-state index in [9.17, 15) is 19.2 Å². The molecular weight excluding hydrogens is 304 g/mol. The highest BCUT2D eigenvalue weighted by Gasteiger charge is 2.18.